The van der Waals surface area contributed by atoms with Gasteiger partial charge in [0.15, 0.2) is 5.69 Å². The maximum absolute atomic E-state index is 12.2. The summed E-state index contributed by atoms with van der Waals surface area (Å²) in [6, 6.07) is 5.86. The lowest BCUT2D eigenvalue weighted by Gasteiger charge is -2.15. The van der Waals surface area contributed by atoms with E-state index in [4.69, 9.17) is 0 Å². The van der Waals surface area contributed by atoms with Crippen LogP contribution in [0.4, 0.5) is 0 Å². The first-order valence-corrected chi connectivity index (χ1v) is 7.66. The second-order valence-corrected chi connectivity index (χ2v) is 5.72. The summed E-state index contributed by atoms with van der Waals surface area (Å²) in [7, 11) is 0. The van der Waals surface area contributed by atoms with E-state index >= 15 is 0 Å². The third-order valence-electron chi connectivity index (χ3n) is 4.00. The minimum Gasteiger partial charge on any atom is -0.351 e. The standard InChI is InChI=1S/C16H20N4O2/c1-11-5-6-13-12(10-11)15(19-18-13)16(22)17-7-3-9-20-8-2-4-14(20)21/h5-6,10H,2-4,7-9H2,1H3,(H,17,22)(H,18,19). The first-order chi connectivity index (χ1) is 10.6. The molecule has 1 aromatic carbocycles. The van der Waals surface area contributed by atoms with Gasteiger partial charge in [0.1, 0.15) is 0 Å². The maximum Gasteiger partial charge on any atom is 0.272 e. The molecule has 2 N–H and O–H groups in total. The first kappa shape index (κ1) is 14.6. The van der Waals surface area contributed by atoms with Crippen LogP contribution in [0.25, 0.3) is 10.9 Å². The van der Waals surface area contributed by atoms with Crippen molar-refractivity contribution in [1.82, 2.24) is 20.4 Å². The lowest BCUT2D eigenvalue weighted by Crippen LogP contribution is -2.30. The molecular formula is C16H20N4O2. The van der Waals surface area contributed by atoms with Gasteiger partial charge in [-0.15, -0.1) is 0 Å². The van der Waals surface area contributed by atoms with Gasteiger partial charge in [-0.3, -0.25) is 14.7 Å². The van der Waals surface area contributed by atoms with Crippen molar-refractivity contribution in [1.29, 1.82) is 0 Å². The zero-order valence-electron chi connectivity index (χ0n) is 12.7. The SMILES string of the molecule is Cc1ccc2[nH]nc(C(=O)NCCCN3CCCC3=O)c2c1. The fourth-order valence-electron chi connectivity index (χ4n) is 2.80. The molecule has 0 atom stereocenters. The molecule has 2 aromatic rings. The third kappa shape index (κ3) is 2.95. The van der Waals surface area contributed by atoms with Crippen molar-refractivity contribution >= 4 is 22.7 Å². The average molecular weight is 300 g/mol. The zero-order valence-corrected chi connectivity index (χ0v) is 12.7. The molecule has 2 amide bonds. The van der Waals surface area contributed by atoms with Gasteiger partial charge < -0.3 is 10.2 Å². The van der Waals surface area contributed by atoms with Crippen molar-refractivity contribution in [3.8, 4) is 0 Å². The van der Waals surface area contributed by atoms with Crippen molar-refractivity contribution in [3.63, 3.8) is 0 Å². The summed E-state index contributed by atoms with van der Waals surface area (Å²) in [6.45, 7) is 4.08. The van der Waals surface area contributed by atoms with E-state index < -0.39 is 0 Å². The molecule has 0 bridgehead atoms. The van der Waals surface area contributed by atoms with Crippen LogP contribution in [0.1, 0.15) is 35.3 Å². The number of aryl methyl sites for hydroxylation is 1. The molecule has 0 unspecified atom stereocenters. The van der Waals surface area contributed by atoms with Crippen LogP contribution in [0, 0.1) is 6.92 Å². The van der Waals surface area contributed by atoms with Crippen LogP contribution in [-0.2, 0) is 4.79 Å². The molecular weight excluding hydrogens is 280 g/mol. The zero-order chi connectivity index (χ0) is 15.5. The van der Waals surface area contributed by atoms with Crippen LogP contribution in [0.2, 0.25) is 0 Å². The number of nitrogens with one attached hydrogen (secondary N) is 2. The van der Waals surface area contributed by atoms with Gasteiger partial charge in [0.05, 0.1) is 5.52 Å². The van der Waals surface area contributed by atoms with Gasteiger partial charge in [-0.2, -0.15) is 5.10 Å². The van der Waals surface area contributed by atoms with Gasteiger partial charge in [-0.05, 0) is 31.9 Å². The number of aromatic nitrogens is 2. The molecule has 6 heteroatoms. The van der Waals surface area contributed by atoms with Crippen molar-refractivity contribution in [3.05, 3.63) is 29.5 Å². The number of nitrogens with zero attached hydrogens (tertiary/aromatic N) is 2. The highest BCUT2D eigenvalue weighted by Gasteiger charge is 2.19. The Bertz CT molecular complexity index is 707. The number of carbonyl (C=O) groups excluding carboxylic acids is 2. The summed E-state index contributed by atoms with van der Waals surface area (Å²) in [5, 5.41) is 10.7. The number of carbonyl (C=O) groups is 2. The number of rotatable bonds is 5. The van der Waals surface area contributed by atoms with Gasteiger partial charge in [0.25, 0.3) is 5.91 Å². The summed E-state index contributed by atoms with van der Waals surface area (Å²) in [4.78, 5) is 25.6. The molecule has 0 saturated carbocycles. The number of aromatic amines is 1. The van der Waals surface area contributed by atoms with E-state index in [1.807, 2.05) is 30.0 Å². The predicted octanol–water partition coefficient (Wildman–Crippen LogP) is 1.61. The number of hydrogen-bond donors (Lipinski definition) is 2. The molecule has 1 aliphatic rings. The smallest absolute Gasteiger partial charge is 0.272 e. The van der Waals surface area contributed by atoms with Crippen molar-refractivity contribution < 1.29 is 9.59 Å². The van der Waals surface area contributed by atoms with Gasteiger partial charge >= 0.3 is 0 Å². The van der Waals surface area contributed by atoms with E-state index in [2.05, 4.69) is 15.5 Å². The second kappa shape index (κ2) is 6.17. The van der Waals surface area contributed by atoms with Gasteiger partial charge in [-0.1, -0.05) is 11.6 Å². The molecule has 1 fully saturated rings. The minimum absolute atomic E-state index is 0.176. The van der Waals surface area contributed by atoms with E-state index in [0.29, 0.717) is 25.2 Å². The number of likely N-dealkylation sites (tertiary alicyclic amines) is 1. The molecule has 22 heavy (non-hydrogen) atoms. The Morgan fingerprint density at radius 1 is 1.45 bits per heavy atom. The largest absolute Gasteiger partial charge is 0.351 e. The lowest BCUT2D eigenvalue weighted by atomic mass is 10.1. The summed E-state index contributed by atoms with van der Waals surface area (Å²) in [5.74, 6) is 0.0460. The molecule has 1 aromatic heterocycles. The second-order valence-electron chi connectivity index (χ2n) is 5.72. The van der Waals surface area contributed by atoms with Crippen LogP contribution in [0.15, 0.2) is 18.2 Å². The molecule has 0 spiro atoms. The van der Waals surface area contributed by atoms with E-state index in [-0.39, 0.29) is 11.8 Å². The van der Waals surface area contributed by atoms with Crippen LogP contribution < -0.4 is 5.32 Å². The Kier molecular flexibility index (Phi) is 4.09. The fourth-order valence-corrected chi connectivity index (χ4v) is 2.80. The van der Waals surface area contributed by atoms with E-state index in [1.165, 1.54) is 0 Å². The molecule has 6 nitrogen and oxygen atoms in total. The molecule has 1 saturated heterocycles. The predicted molar refractivity (Wildman–Crippen MR) is 83.6 cm³/mol. The number of hydrogen-bond acceptors (Lipinski definition) is 3. The van der Waals surface area contributed by atoms with Gasteiger partial charge in [0.2, 0.25) is 5.91 Å². The number of fused-ring (bicyclic) bond motifs is 1. The summed E-state index contributed by atoms with van der Waals surface area (Å²) in [5.41, 5.74) is 2.38. The Labute approximate surface area is 128 Å². The summed E-state index contributed by atoms with van der Waals surface area (Å²) >= 11 is 0. The lowest BCUT2D eigenvalue weighted by molar-refractivity contribution is -0.127. The molecule has 116 valence electrons. The highest BCUT2D eigenvalue weighted by Crippen LogP contribution is 2.17. The van der Waals surface area contributed by atoms with Crippen LogP contribution in [0.5, 0.6) is 0 Å². The quantitative estimate of drug-likeness (QED) is 0.824. The van der Waals surface area contributed by atoms with E-state index in [0.717, 1.165) is 35.9 Å². The highest BCUT2D eigenvalue weighted by atomic mass is 16.2. The van der Waals surface area contributed by atoms with E-state index in [1.54, 1.807) is 0 Å². The number of benzene rings is 1. The average Bonchev–Trinajstić information content (AvgIpc) is 3.09. The molecule has 3 rings (SSSR count). The molecule has 0 radical (unpaired) electrons. The number of amides is 2. The van der Waals surface area contributed by atoms with Crippen LogP contribution >= 0.6 is 0 Å². The molecule has 0 aliphatic carbocycles. The maximum atomic E-state index is 12.2. The van der Waals surface area contributed by atoms with Crippen LogP contribution in [-0.4, -0.2) is 46.5 Å². The first-order valence-electron chi connectivity index (χ1n) is 7.66. The topological polar surface area (TPSA) is 78.1 Å². The van der Waals surface area contributed by atoms with E-state index in [9.17, 15) is 9.59 Å². The third-order valence-corrected chi connectivity index (χ3v) is 4.00. The Morgan fingerprint density at radius 3 is 3.09 bits per heavy atom. The van der Waals surface area contributed by atoms with Crippen molar-refractivity contribution in [2.75, 3.05) is 19.6 Å². The number of H-pyrrole nitrogens is 1. The normalized spacial score (nSPS) is 14.8. The monoisotopic (exact) mass is 300 g/mol. The van der Waals surface area contributed by atoms with Gasteiger partial charge in [-0.25, -0.2) is 0 Å². The molecule has 2 heterocycles. The molecule has 1 aliphatic heterocycles. The fraction of sp³-hybridized carbons (Fsp3) is 0.438. The minimum atomic E-state index is -0.176. The Hall–Kier alpha value is -2.37. The Morgan fingerprint density at radius 2 is 2.32 bits per heavy atom. The van der Waals surface area contributed by atoms with Crippen molar-refractivity contribution in [2.45, 2.75) is 26.2 Å². The van der Waals surface area contributed by atoms with Crippen LogP contribution in [0.3, 0.4) is 0 Å². The summed E-state index contributed by atoms with van der Waals surface area (Å²) < 4.78 is 0. The summed E-state index contributed by atoms with van der Waals surface area (Å²) in [6.07, 6.45) is 2.37. The van der Waals surface area contributed by atoms with Gasteiger partial charge in [0, 0.05) is 31.4 Å². The highest BCUT2D eigenvalue weighted by molar-refractivity contribution is 6.04. The van der Waals surface area contributed by atoms with Crippen molar-refractivity contribution in [2.24, 2.45) is 0 Å². The Balaban J connectivity index is 1.55.